The number of ether oxygens (including phenoxy) is 1. The number of nitrogens with zero attached hydrogens (tertiary/aromatic N) is 3. The zero-order valence-electron chi connectivity index (χ0n) is 14.2. The standard InChI is InChI=1S/C18H24N4O2/c1-13-7-3-5-9-15(13)22(2)17(23)11-24-16-10-6-4-8-14(16)18-19-12-20-21-18/h4,6,8,10,12-13,15H,3,5,7,9,11H2,1-2H3,(H,19,20,21)/t13-,15-/m1/s1. The number of likely N-dealkylation sites (N-methyl/N-ethyl adjacent to an activating group) is 1. The predicted molar refractivity (Wildman–Crippen MR) is 91.5 cm³/mol. The molecule has 2 aromatic rings. The van der Waals surface area contributed by atoms with Crippen LogP contribution >= 0.6 is 0 Å². The molecule has 1 amide bonds. The molecular weight excluding hydrogens is 304 g/mol. The number of H-pyrrole nitrogens is 1. The first-order valence-electron chi connectivity index (χ1n) is 8.50. The lowest BCUT2D eigenvalue weighted by Gasteiger charge is -2.36. The topological polar surface area (TPSA) is 71.1 Å². The maximum atomic E-state index is 12.5. The Morgan fingerprint density at radius 2 is 2.12 bits per heavy atom. The van der Waals surface area contributed by atoms with Crippen LogP contribution in [0.4, 0.5) is 0 Å². The lowest BCUT2D eigenvalue weighted by atomic mass is 9.85. The van der Waals surface area contributed by atoms with Crippen LogP contribution in [0.1, 0.15) is 32.6 Å². The van der Waals surface area contributed by atoms with Gasteiger partial charge in [0.2, 0.25) is 0 Å². The Morgan fingerprint density at radius 1 is 1.33 bits per heavy atom. The molecule has 1 aromatic heterocycles. The van der Waals surface area contributed by atoms with Gasteiger partial charge in [0.05, 0.1) is 5.56 Å². The summed E-state index contributed by atoms with van der Waals surface area (Å²) in [7, 11) is 1.89. The van der Waals surface area contributed by atoms with E-state index in [1.165, 1.54) is 25.6 Å². The number of nitrogens with one attached hydrogen (secondary N) is 1. The summed E-state index contributed by atoms with van der Waals surface area (Å²) >= 11 is 0. The summed E-state index contributed by atoms with van der Waals surface area (Å²) in [5.74, 6) is 1.83. The van der Waals surface area contributed by atoms with Crippen molar-refractivity contribution in [3.8, 4) is 17.1 Å². The van der Waals surface area contributed by atoms with E-state index < -0.39 is 0 Å². The van der Waals surface area contributed by atoms with Gasteiger partial charge in [-0.15, -0.1) is 0 Å². The molecule has 1 saturated carbocycles. The number of benzene rings is 1. The van der Waals surface area contributed by atoms with Gasteiger partial charge in [0, 0.05) is 13.1 Å². The molecule has 128 valence electrons. The van der Waals surface area contributed by atoms with E-state index in [0.717, 1.165) is 12.0 Å². The van der Waals surface area contributed by atoms with E-state index in [0.29, 0.717) is 23.5 Å². The van der Waals surface area contributed by atoms with E-state index in [1.807, 2.05) is 36.2 Å². The van der Waals surface area contributed by atoms with Crippen LogP contribution in [0, 0.1) is 5.92 Å². The van der Waals surface area contributed by atoms with Crippen LogP contribution in [0.2, 0.25) is 0 Å². The molecule has 3 rings (SSSR count). The van der Waals surface area contributed by atoms with Crippen molar-refractivity contribution in [2.75, 3.05) is 13.7 Å². The average Bonchev–Trinajstić information content (AvgIpc) is 3.14. The molecule has 1 aromatic carbocycles. The highest BCUT2D eigenvalue weighted by Gasteiger charge is 2.28. The Balaban J connectivity index is 1.64. The monoisotopic (exact) mass is 328 g/mol. The van der Waals surface area contributed by atoms with Crippen LogP contribution in [0.15, 0.2) is 30.6 Å². The Labute approximate surface area is 142 Å². The molecule has 1 N–H and O–H groups in total. The molecule has 1 fully saturated rings. The lowest BCUT2D eigenvalue weighted by Crippen LogP contribution is -2.44. The molecule has 0 aliphatic heterocycles. The van der Waals surface area contributed by atoms with Crippen molar-refractivity contribution in [1.82, 2.24) is 20.1 Å². The molecular formula is C18H24N4O2. The average molecular weight is 328 g/mol. The molecule has 0 radical (unpaired) electrons. The molecule has 24 heavy (non-hydrogen) atoms. The molecule has 1 aliphatic carbocycles. The SMILES string of the molecule is C[C@@H]1CCCC[C@H]1N(C)C(=O)COc1ccccc1-c1ncn[nH]1. The van der Waals surface area contributed by atoms with Gasteiger partial charge in [-0.2, -0.15) is 5.10 Å². The molecule has 0 spiro atoms. The number of amides is 1. The van der Waals surface area contributed by atoms with Gasteiger partial charge in [0.15, 0.2) is 12.4 Å². The second-order valence-electron chi connectivity index (χ2n) is 6.45. The maximum absolute atomic E-state index is 12.5. The molecule has 0 saturated heterocycles. The Kier molecular flexibility index (Phi) is 5.13. The van der Waals surface area contributed by atoms with Crippen molar-refractivity contribution >= 4 is 5.91 Å². The number of carbonyl (C=O) groups excluding carboxylic acids is 1. The van der Waals surface area contributed by atoms with Crippen molar-refractivity contribution in [2.45, 2.75) is 38.6 Å². The molecule has 0 unspecified atom stereocenters. The highest BCUT2D eigenvalue weighted by Crippen LogP contribution is 2.28. The summed E-state index contributed by atoms with van der Waals surface area (Å²) < 4.78 is 5.79. The highest BCUT2D eigenvalue weighted by molar-refractivity contribution is 5.78. The summed E-state index contributed by atoms with van der Waals surface area (Å²) in [6, 6.07) is 7.84. The zero-order chi connectivity index (χ0) is 16.9. The summed E-state index contributed by atoms with van der Waals surface area (Å²) in [5.41, 5.74) is 0.802. The van der Waals surface area contributed by atoms with Crippen LogP contribution in [-0.2, 0) is 4.79 Å². The van der Waals surface area contributed by atoms with Crippen LogP contribution in [0.25, 0.3) is 11.4 Å². The van der Waals surface area contributed by atoms with Crippen LogP contribution in [0.5, 0.6) is 5.75 Å². The summed E-state index contributed by atoms with van der Waals surface area (Å²) in [4.78, 5) is 18.5. The number of rotatable bonds is 5. The third kappa shape index (κ3) is 3.58. The van der Waals surface area contributed by atoms with Gasteiger partial charge < -0.3 is 9.64 Å². The summed E-state index contributed by atoms with van der Waals surface area (Å²) in [5, 5.41) is 6.69. The smallest absolute Gasteiger partial charge is 0.260 e. The van der Waals surface area contributed by atoms with Crippen molar-refractivity contribution in [3.63, 3.8) is 0 Å². The largest absolute Gasteiger partial charge is 0.483 e. The minimum absolute atomic E-state index is 0.0149. The van der Waals surface area contributed by atoms with Gasteiger partial charge in [0.25, 0.3) is 5.91 Å². The minimum atomic E-state index is 0.0149. The van der Waals surface area contributed by atoms with Crippen molar-refractivity contribution in [2.24, 2.45) is 5.92 Å². The Bertz CT molecular complexity index is 671. The molecule has 6 heteroatoms. The number of hydrogen-bond acceptors (Lipinski definition) is 4. The second-order valence-corrected chi connectivity index (χ2v) is 6.45. The molecule has 2 atom stereocenters. The van der Waals surface area contributed by atoms with Crippen molar-refractivity contribution in [3.05, 3.63) is 30.6 Å². The predicted octanol–water partition coefficient (Wildman–Crippen LogP) is 2.89. The van der Waals surface area contributed by atoms with Gasteiger partial charge in [0.1, 0.15) is 12.1 Å². The van der Waals surface area contributed by atoms with Crippen molar-refractivity contribution in [1.29, 1.82) is 0 Å². The van der Waals surface area contributed by atoms with Gasteiger partial charge in [-0.3, -0.25) is 9.89 Å². The fourth-order valence-corrected chi connectivity index (χ4v) is 3.42. The Morgan fingerprint density at radius 3 is 2.88 bits per heavy atom. The number of hydrogen-bond donors (Lipinski definition) is 1. The zero-order valence-corrected chi connectivity index (χ0v) is 14.2. The van der Waals surface area contributed by atoms with E-state index in [9.17, 15) is 4.79 Å². The highest BCUT2D eigenvalue weighted by atomic mass is 16.5. The van der Waals surface area contributed by atoms with Crippen LogP contribution in [0.3, 0.4) is 0 Å². The third-order valence-corrected chi connectivity index (χ3v) is 4.87. The summed E-state index contributed by atoms with van der Waals surface area (Å²) in [6.45, 7) is 2.26. The van der Waals surface area contributed by atoms with E-state index in [1.54, 1.807) is 0 Å². The third-order valence-electron chi connectivity index (χ3n) is 4.87. The second kappa shape index (κ2) is 7.47. The molecule has 0 bridgehead atoms. The summed E-state index contributed by atoms with van der Waals surface area (Å²) in [6.07, 6.45) is 6.19. The molecule has 1 aliphatic rings. The fourth-order valence-electron chi connectivity index (χ4n) is 3.42. The van der Waals surface area contributed by atoms with E-state index in [4.69, 9.17) is 4.74 Å². The van der Waals surface area contributed by atoms with Crippen LogP contribution in [-0.4, -0.2) is 45.7 Å². The molecule has 6 nitrogen and oxygen atoms in total. The fraction of sp³-hybridized carbons (Fsp3) is 0.500. The van der Waals surface area contributed by atoms with E-state index in [-0.39, 0.29) is 12.5 Å². The number of aromatic amines is 1. The normalized spacial score (nSPS) is 20.6. The first-order valence-corrected chi connectivity index (χ1v) is 8.50. The van der Waals surface area contributed by atoms with Gasteiger partial charge in [-0.1, -0.05) is 31.9 Å². The first kappa shape index (κ1) is 16.5. The number of aromatic nitrogens is 3. The number of carbonyl (C=O) groups is 1. The van der Waals surface area contributed by atoms with Gasteiger partial charge in [-0.25, -0.2) is 4.98 Å². The minimum Gasteiger partial charge on any atom is -0.483 e. The van der Waals surface area contributed by atoms with Gasteiger partial charge >= 0.3 is 0 Å². The van der Waals surface area contributed by atoms with E-state index in [2.05, 4.69) is 22.1 Å². The number of para-hydroxylation sites is 1. The van der Waals surface area contributed by atoms with Gasteiger partial charge in [-0.05, 0) is 30.9 Å². The first-order chi connectivity index (χ1) is 11.7. The maximum Gasteiger partial charge on any atom is 0.260 e. The van der Waals surface area contributed by atoms with Crippen molar-refractivity contribution < 1.29 is 9.53 Å². The lowest BCUT2D eigenvalue weighted by molar-refractivity contribution is -0.135. The Hall–Kier alpha value is -2.37. The van der Waals surface area contributed by atoms with E-state index >= 15 is 0 Å². The molecule has 1 heterocycles. The van der Waals surface area contributed by atoms with Crippen LogP contribution < -0.4 is 4.74 Å². The quantitative estimate of drug-likeness (QED) is 0.916.